The molecule has 0 amide bonds. The Labute approximate surface area is 278 Å². The number of hydrogen-bond acceptors (Lipinski definition) is 1. The van der Waals surface area contributed by atoms with Gasteiger partial charge in [-0.3, -0.25) is 0 Å². The molecule has 0 N–H and O–H groups in total. The summed E-state index contributed by atoms with van der Waals surface area (Å²) in [5.41, 5.74) is 7.32. The first-order valence-corrected chi connectivity index (χ1v) is 17.8. The third-order valence-corrected chi connectivity index (χ3v) is 12.2. The molecule has 10 rings (SSSR count). The number of rotatable bonds is 3. The molecule has 0 bridgehead atoms. The van der Waals surface area contributed by atoms with Crippen LogP contribution in [0.4, 0.5) is 0 Å². The Morgan fingerprint density at radius 3 is 1.91 bits per heavy atom. The summed E-state index contributed by atoms with van der Waals surface area (Å²) in [6.45, 7) is 0. The number of pyridine rings is 1. The number of nitrogens with zero attached hydrogens (tertiary/aromatic N) is 1. The molecule has 0 fully saturated rings. The normalized spacial score (nSPS) is 11.8. The van der Waals surface area contributed by atoms with Crippen molar-refractivity contribution in [3.63, 3.8) is 0 Å². The van der Waals surface area contributed by atoms with Crippen molar-refractivity contribution in [2.45, 2.75) is 0 Å². The van der Waals surface area contributed by atoms with Crippen LogP contribution in [0.15, 0.2) is 164 Å². The van der Waals surface area contributed by atoms with Crippen molar-refractivity contribution < 1.29 is 0 Å². The molecule has 10 aromatic rings. The topological polar surface area (TPSA) is 12.9 Å². The van der Waals surface area contributed by atoms with E-state index in [-0.39, 0.29) is 14.5 Å². The van der Waals surface area contributed by atoms with Gasteiger partial charge in [-0.2, -0.15) is 0 Å². The first kappa shape index (κ1) is 26.7. The Kier molecular flexibility index (Phi) is 5.96. The molecule has 0 saturated heterocycles. The van der Waals surface area contributed by atoms with Crippen LogP contribution in [0.3, 0.4) is 0 Å². The van der Waals surface area contributed by atoms with E-state index in [4.69, 9.17) is 4.98 Å². The summed E-state index contributed by atoms with van der Waals surface area (Å²) in [7, 11) is 0. The van der Waals surface area contributed by atoms with Crippen LogP contribution >= 0.6 is 0 Å². The van der Waals surface area contributed by atoms with Gasteiger partial charge in [-0.1, -0.05) is 0 Å². The molecule has 2 heteroatoms. The van der Waals surface area contributed by atoms with Gasteiger partial charge in [0.2, 0.25) is 0 Å². The minimum atomic E-state index is 0.211. The predicted molar refractivity (Wildman–Crippen MR) is 203 cm³/mol. The first-order valence-electron chi connectivity index (χ1n) is 16.0. The molecule has 0 aliphatic carbocycles. The molecule has 1 nitrogen and oxygen atoms in total. The van der Waals surface area contributed by atoms with E-state index in [0.717, 1.165) is 5.69 Å². The van der Waals surface area contributed by atoms with E-state index in [0.29, 0.717) is 0 Å². The van der Waals surface area contributed by atoms with Gasteiger partial charge in [0.15, 0.2) is 0 Å². The van der Waals surface area contributed by atoms with Crippen LogP contribution in [0.2, 0.25) is 0 Å². The van der Waals surface area contributed by atoms with Gasteiger partial charge in [-0.25, -0.2) is 0 Å². The van der Waals surface area contributed by atoms with Crippen molar-refractivity contribution in [2.24, 2.45) is 0 Å². The second kappa shape index (κ2) is 10.5. The molecular formula is C45H27NSe. The first-order chi connectivity index (χ1) is 23.3. The average molecular weight is 661 g/mol. The Bertz CT molecular complexity index is 2850. The van der Waals surface area contributed by atoms with Crippen molar-refractivity contribution in [2.75, 3.05) is 0 Å². The maximum atomic E-state index is 5.05. The fourth-order valence-electron chi connectivity index (χ4n) is 7.57. The van der Waals surface area contributed by atoms with Gasteiger partial charge in [-0.05, 0) is 0 Å². The summed E-state index contributed by atoms with van der Waals surface area (Å²) in [5.74, 6) is 0. The van der Waals surface area contributed by atoms with Crippen LogP contribution in [0.1, 0.15) is 0 Å². The van der Waals surface area contributed by atoms with Crippen LogP contribution in [-0.4, -0.2) is 19.5 Å². The minimum absolute atomic E-state index is 0.211. The Morgan fingerprint density at radius 2 is 1.04 bits per heavy atom. The molecule has 0 aliphatic heterocycles. The zero-order valence-corrected chi connectivity index (χ0v) is 27.2. The van der Waals surface area contributed by atoms with Crippen LogP contribution in [-0.2, 0) is 0 Å². The van der Waals surface area contributed by atoms with Gasteiger partial charge < -0.3 is 0 Å². The van der Waals surface area contributed by atoms with Crippen molar-refractivity contribution >= 4 is 76.9 Å². The molecule has 0 unspecified atom stereocenters. The summed E-state index contributed by atoms with van der Waals surface area (Å²) < 4.78 is 2.81. The summed E-state index contributed by atoms with van der Waals surface area (Å²) in [6, 6.07) is 58.1. The van der Waals surface area contributed by atoms with Gasteiger partial charge in [0.25, 0.3) is 0 Å². The standard InChI is InChI=1S/C45H27NSe/c1-2-12-30-26-31(21-20-28(30)10-1)42-36-16-5-6-17-37(36)43(35-18-9-13-29-11-3-4-14-33(29)35)38-23-22-32(27-40(38)42)44-45-39(24-25-46-44)34-15-7-8-19-41(34)47-45/h1-27H. The molecular weight excluding hydrogens is 633 g/mol. The van der Waals surface area contributed by atoms with E-state index >= 15 is 0 Å². The second-order valence-corrected chi connectivity index (χ2v) is 14.5. The van der Waals surface area contributed by atoms with Crippen molar-refractivity contribution in [1.29, 1.82) is 0 Å². The van der Waals surface area contributed by atoms with Crippen LogP contribution in [0.5, 0.6) is 0 Å². The molecule has 2 heterocycles. The van der Waals surface area contributed by atoms with Gasteiger partial charge in [0.1, 0.15) is 0 Å². The summed E-state index contributed by atoms with van der Waals surface area (Å²) in [4.78, 5) is 5.05. The van der Waals surface area contributed by atoms with E-state index in [1.54, 1.807) is 0 Å². The zero-order chi connectivity index (χ0) is 30.9. The quantitative estimate of drug-likeness (QED) is 0.136. The van der Waals surface area contributed by atoms with E-state index in [1.807, 2.05) is 6.20 Å². The monoisotopic (exact) mass is 661 g/mol. The molecule has 0 spiro atoms. The number of fused-ring (bicyclic) bond motifs is 7. The third kappa shape index (κ3) is 4.13. The van der Waals surface area contributed by atoms with Crippen LogP contribution in [0, 0.1) is 0 Å². The van der Waals surface area contributed by atoms with Crippen molar-refractivity contribution in [3.8, 4) is 33.5 Å². The molecule has 0 radical (unpaired) electrons. The number of hydrogen-bond donors (Lipinski definition) is 0. The van der Waals surface area contributed by atoms with Crippen molar-refractivity contribution in [3.05, 3.63) is 164 Å². The van der Waals surface area contributed by atoms with Crippen LogP contribution in [0.25, 0.3) is 95.9 Å². The van der Waals surface area contributed by atoms with E-state index in [2.05, 4.69) is 158 Å². The van der Waals surface area contributed by atoms with Crippen LogP contribution < -0.4 is 0 Å². The van der Waals surface area contributed by atoms with Crippen molar-refractivity contribution in [1.82, 2.24) is 4.98 Å². The van der Waals surface area contributed by atoms with E-state index in [9.17, 15) is 0 Å². The van der Waals surface area contributed by atoms with E-state index in [1.165, 1.54) is 90.2 Å². The second-order valence-electron chi connectivity index (χ2n) is 12.3. The molecule has 8 aromatic carbocycles. The fourth-order valence-corrected chi connectivity index (χ4v) is 10.1. The average Bonchev–Trinajstić information content (AvgIpc) is 3.52. The summed E-state index contributed by atoms with van der Waals surface area (Å²) >= 11 is 0.211. The Morgan fingerprint density at radius 1 is 0.383 bits per heavy atom. The van der Waals surface area contributed by atoms with Gasteiger partial charge in [-0.15, -0.1) is 0 Å². The number of benzene rings is 8. The van der Waals surface area contributed by atoms with Gasteiger partial charge in [0, 0.05) is 0 Å². The SMILES string of the molecule is c1ccc2cc(-c3c4ccccc4c(-c4cccc5ccccc45)c4ccc(-c5nccc6c5[se]c5ccccc56)cc34)ccc2c1. The molecule has 218 valence electrons. The zero-order valence-electron chi connectivity index (χ0n) is 25.4. The van der Waals surface area contributed by atoms with E-state index < -0.39 is 0 Å². The van der Waals surface area contributed by atoms with Gasteiger partial charge in [0.05, 0.1) is 0 Å². The Balaban J connectivity index is 1.35. The molecule has 2 aromatic heterocycles. The predicted octanol–water partition coefficient (Wildman–Crippen LogP) is 12.1. The molecule has 0 aliphatic rings. The van der Waals surface area contributed by atoms with Gasteiger partial charge >= 0.3 is 279 Å². The Hall–Kier alpha value is -5.53. The molecule has 47 heavy (non-hydrogen) atoms. The fraction of sp³-hybridized carbons (Fsp3) is 0. The third-order valence-electron chi connectivity index (χ3n) is 9.69. The molecule has 0 saturated carbocycles. The summed E-state index contributed by atoms with van der Waals surface area (Å²) in [6.07, 6.45) is 1.99. The number of aromatic nitrogens is 1. The molecule has 0 atom stereocenters. The summed E-state index contributed by atoms with van der Waals surface area (Å²) in [5, 5.41) is 12.8. The maximum absolute atomic E-state index is 5.05.